The standard InChI is InChI=1S/C16H17N3O7/c20-8-10-12(21)13(22)14(26-10)19-7-6-11(17-15(19)23)18-16(24)25-9-4-2-1-3-5-9/h1-7,10,12-14,20-22H,8H2,(H,17,18,23,24)/t10-,12?,13?,14-/m1/s1. The lowest BCUT2D eigenvalue weighted by Gasteiger charge is -2.17. The lowest BCUT2D eigenvalue weighted by Crippen LogP contribution is -2.36. The Morgan fingerprint density at radius 3 is 2.58 bits per heavy atom. The number of ether oxygens (including phenoxy) is 2. The summed E-state index contributed by atoms with van der Waals surface area (Å²) in [5.74, 6) is 0.267. The molecule has 26 heavy (non-hydrogen) atoms. The molecule has 0 spiro atoms. The molecule has 3 rings (SSSR count). The molecule has 1 aliphatic rings. The Kier molecular flexibility index (Phi) is 5.28. The maximum absolute atomic E-state index is 12.1. The van der Waals surface area contributed by atoms with Crippen molar-refractivity contribution in [1.82, 2.24) is 9.55 Å². The van der Waals surface area contributed by atoms with Crippen molar-refractivity contribution in [2.75, 3.05) is 11.9 Å². The van der Waals surface area contributed by atoms with Crippen LogP contribution in [0.2, 0.25) is 0 Å². The van der Waals surface area contributed by atoms with E-state index in [0.29, 0.717) is 5.75 Å². The Bertz CT molecular complexity index is 826. The third-order valence-corrected chi connectivity index (χ3v) is 3.81. The minimum absolute atomic E-state index is 0.0566. The average Bonchev–Trinajstić information content (AvgIpc) is 2.91. The lowest BCUT2D eigenvalue weighted by atomic mass is 10.1. The van der Waals surface area contributed by atoms with Gasteiger partial charge in [-0.3, -0.25) is 9.88 Å². The topological polar surface area (TPSA) is 143 Å². The van der Waals surface area contributed by atoms with Crippen LogP contribution in [0.5, 0.6) is 5.75 Å². The molecule has 1 saturated heterocycles. The van der Waals surface area contributed by atoms with Gasteiger partial charge in [0.25, 0.3) is 0 Å². The van der Waals surface area contributed by atoms with Gasteiger partial charge < -0.3 is 24.8 Å². The van der Waals surface area contributed by atoms with Gasteiger partial charge in [-0.05, 0) is 18.2 Å². The summed E-state index contributed by atoms with van der Waals surface area (Å²) in [5, 5.41) is 31.1. The van der Waals surface area contributed by atoms with Crippen molar-refractivity contribution in [1.29, 1.82) is 0 Å². The van der Waals surface area contributed by atoms with Gasteiger partial charge in [-0.15, -0.1) is 0 Å². The third kappa shape index (κ3) is 3.73. The van der Waals surface area contributed by atoms with E-state index in [0.717, 1.165) is 4.57 Å². The van der Waals surface area contributed by atoms with Crippen LogP contribution in [0, 0.1) is 0 Å². The summed E-state index contributed by atoms with van der Waals surface area (Å²) < 4.78 is 11.2. The number of benzene rings is 1. The van der Waals surface area contributed by atoms with Crippen molar-refractivity contribution in [3.05, 3.63) is 53.1 Å². The first-order valence-electron chi connectivity index (χ1n) is 7.75. The predicted octanol–water partition coefficient (Wildman–Crippen LogP) is -0.534. The molecular formula is C16H17N3O7. The molecule has 1 amide bonds. The summed E-state index contributed by atoms with van der Waals surface area (Å²) in [4.78, 5) is 27.6. The van der Waals surface area contributed by atoms with E-state index in [1.165, 1.54) is 12.3 Å². The van der Waals surface area contributed by atoms with Crippen molar-refractivity contribution < 1.29 is 29.6 Å². The van der Waals surface area contributed by atoms with Gasteiger partial charge in [0.15, 0.2) is 6.23 Å². The minimum atomic E-state index is -1.41. The highest BCUT2D eigenvalue weighted by molar-refractivity contribution is 5.84. The Morgan fingerprint density at radius 2 is 1.96 bits per heavy atom. The van der Waals surface area contributed by atoms with Crippen LogP contribution in [0.1, 0.15) is 6.23 Å². The fourth-order valence-electron chi connectivity index (χ4n) is 2.51. The van der Waals surface area contributed by atoms with E-state index in [9.17, 15) is 19.8 Å². The highest BCUT2D eigenvalue weighted by atomic mass is 16.6. The van der Waals surface area contributed by atoms with Crippen molar-refractivity contribution >= 4 is 11.9 Å². The van der Waals surface area contributed by atoms with Crippen LogP contribution in [0.3, 0.4) is 0 Å². The zero-order valence-corrected chi connectivity index (χ0v) is 13.4. The smallest absolute Gasteiger partial charge is 0.410 e. The third-order valence-electron chi connectivity index (χ3n) is 3.81. The molecule has 4 atom stereocenters. The number of nitrogens with one attached hydrogen (secondary N) is 1. The number of carbonyl (C=O) groups excluding carboxylic acids is 1. The molecule has 138 valence electrons. The summed E-state index contributed by atoms with van der Waals surface area (Å²) in [6.45, 7) is -0.512. The Balaban J connectivity index is 1.70. The van der Waals surface area contributed by atoms with Gasteiger partial charge in [0.05, 0.1) is 6.61 Å². The number of aliphatic hydroxyl groups excluding tert-OH is 3. The summed E-state index contributed by atoms with van der Waals surface area (Å²) in [5.41, 5.74) is -0.822. The van der Waals surface area contributed by atoms with Crippen LogP contribution in [-0.2, 0) is 4.74 Å². The van der Waals surface area contributed by atoms with E-state index >= 15 is 0 Å². The molecule has 1 aliphatic heterocycles. The maximum atomic E-state index is 12.1. The average molecular weight is 363 g/mol. The maximum Gasteiger partial charge on any atom is 0.418 e. The van der Waals surface area contributed by atoms with Gasteiger partial charge in [-0.1, -0.05) is 18.2 Å². The summed E-state index contributed by atoms with van der Waals surface area (Å²) in [7, 11) is 0. The van der Waals surface area contributed by atoms with E-state index < -0.39 is 42.9 Å². The number of hydrogen-bond acceptors (Lipinski definition) is 8. The van der Waals surface area contributed by atoms with Gasteiger partial charge in [0, 0.05) is 6.20 Å². The van der Waals surface area contributed by atoms with Gasteiger partial charge in [0.1, 0.15) is 29.9 Å². The fourth-order valence-corrected chi connectivity index (χ4v) is 2.51. The molecular weight excluding hydrogens is 346 g/mol. The number of rotatable bonds is 4. The molecule has 10 heteroatoms. The molecule has 0 radical (unpaired) electrons. The SMILES string of the molecule is O=C(Nc1ccn([C@@H]2O[C@H](CO)C(O)C2O)c(=O)n1)Oc1ccccc1. The van der Waals surface area contributed by atoms with Gasteiger partial charge in [0.2, 0.25) is 0 Å². The zero-order chi connectivity index (χ0) is 18.7. The number of carbonyl (C=O) groups is 1. The molecule has 2 heterocycles. The second-order valence-electron chi connectivity index (χ2n) is 5.56. The summed E-state index contributed by atoms with van der Waals surface area (Å²) >= 11 is 0. The van der Waals surface area contributed by atoms with Gasteiger partial charge in [-0.25, -0.2) is 9.59 Å². The number of aromatic nitrogens is 2. The first kappa shape index (κ1) is 18.0. The fraction of sp³-hybridized carbons (Fsp3) is 0.312. The Hall–Kier alpha value is -2.79. The lowest BCUT2D eigenvalue weighted by molar-refractivity contribution is -0.0549. The number of para-hydroxylation sites is 1. The second-order valence-corrected chi connectivity index (χ2v) is 5.56. The zero-order valence-electron chi connectivity index (χ0n) is 13.4. The largest absolute Gasteiger partial charge is 0.418 e. The Morgan fingerprint density at radius 1 is 1.23 bits per heavy atom. The first-order valence-corrected chi connectivity index (χ1v) is 7.75. The van der Waals surface area contributed by atoms with Crippen molar-refractivity contribution in [2.45, 2.75) is 24.5 Å². The van der Waals surface area contributed by atoms with E-state index in [2.05, 4.69) is 10.3 Å². The van der Waals surface area contributed by atoms with Crippen LogP contribution in [0.4, 0.5) is 10.6 Å². The van der Waals surface area contributed by atoms with E-state index in [1.54, 1.807) is 30.3 Å². The quantitative estimate of drug-likeness (QED) is 0.567. The number of aliphatic hydroxyl groups is 3. The highest BCUT2D eigenvalue weighted by Gasteiger charge is 2.43. The molecule has 10 nitrogen and oxygen atoms in total. The molecule has 1 aromatic carbocycles. The molecule has 1 aromatic heterocycles. The molecule has 0 saturated carbocycles. The van der Waals surface area contributed by atoms with Gasteiger partial charge >= 0.3 is 11.8 Å². The Labute approximate surface area is 147 Å². The monoisotopic (exact) mass is 363 g/mol. The number of nitrogens with zero attached hydrogens (tertiary/aromatic N) is 2. The minimum Gasteiger partial charge on any atom is -0.410 e. The van der Waals surface area contributed by atoms with E-state index in [1.807, 2.05) is 0 Å². The van der Waals surface area contributed by atoms with Crippen molar-refractivity contribution in [3.63, 3.8) is 0 Å². The summed E-state index contributed by atoms with van der Waals surface area (Å²) in [6.07, 6.45) is -4.54. The van der Waals surface area contributed by atoms with Crippen molar-refractivity contribution in [3.8, 4) is 5.75 Å². The normalized spacial score (nSPS) is 25.0. The second kappa shape index (κ2) is 7.62. The van der Waals surface area contributed by atoms with Crippen LogP contribution in [0.25, 0.3) is 0 Å². The molecule has 2 aromatic rings. The van der Waals surface area contributed by atoms with E-state index in [-0.39, 0.29) is 5.82 Å². The number of anilines is 1. The van der Waals surface area contributed by atoms with Crippen LogP contribution >= 0.6 is 0 Å². The van der Waals surface area contributed by atoms with Crippen LogP contribution in [0.15, 0.2) is 47.4 Å². The van der Waals surface area contributed by atoms with Crippen LogP contribution < -0.4 is 15.7 Å². The number of hydrogen-bond donors (Lipinski definition) is 4. The molecule has 4 N–H and O–H groups in total. The molecule has 0 bridgehead atoms. The van der Waals surface area contributed by atoms with E-state index in [4.69, 9.17) is 14.6 Å². The highest BCUT2D eigenvalue weighted by Crippen LogP contribution is 2.28. The molecule has 2 unspecified atom stereocenters. The van der Waals surface area contributed by atoms with Crippen LogP contribution in [-0.4, -0.2) is 55.9 Å². The number of amides is 1. The molecule has 1 fully saturated rings. The first-order chi connectivity index (χ1) is 12.5. The van der Waals surface area contributed by atoms with Crippen molar-refractivity contribution in [2.24, 2.45) is 0 Å². The predicted molar refractivity (Wildman–Crippen MR) is 87.6 cm³/mol. The van der Waals surface area contributed by atoms with Gasteiger partial charge in [-0.2, -0.15) is 4.98 Å². The summed E-state index contributed by atoms with van der Waals surface area (Å²) in [6, 6.07) is 9.65. The molecule has 0 aliphatic carbocycles.